The summed E-state index contributed by atoms with van der Waals surface area (Å²) in [5.41, 5.74) is 3.74. The lowest BCUT2D eigenvalue weighted by Gasteiger charge is -2.30. The van der Waals surface area contributed by atoms with Crippen molar-refractivity contribution in [2.45, 2.75) is 20.8 Å². The van der Waals surface area contributed by atoms with Crippen LogP contribution in [0.3, 0.4) is 0 Å². The molecule has 20 heavy (non-hydrogen) atoms. The SMILES string of the molecule is C=NNC(/C=C(\C)N1CCNCC1)=NCC(C)(C)CO. The number of aliphatic hydroxyl groups excluding tert-OH is 1. The fourth-order valence-corrected chi connectivity index (χ4v) is 1.85. The molecule has 0 aromatic carbocycles. The monoisotopic (exact) mass is 281 g/mol. The largest absolute Gasteiger partial charge is 0.396 e. The first-order valence-electron chi connectivity index (χ1n) is 6.99. The standard InChI is InChI=1S/C14H27N5O/c1-12(19-7-5-16-6-8-19)9-13(18-15-4)17-10-14(2,3)11-20/h9,16,20H,4-8,10-11H2,1-3H3,(H,17,18)/b12-9+. The van der Waals surface area contributed by atoms with Gasteiger partial charge in [0.15, 0.2) is 0 Å². The molecule has 1 heterocycles. The second-order valence-electron chi connectivity index (χ2n) is 5.82. The average molecular weight is 281 g/mol. The first-order chi connectivity index (χ1) is 9.48. The van der Waals surface area contributed by atoms with Crippen LogP contribution in [-0.4, -0.2) is 61.9 Å². The summed E-state index contributed by atoms with van der Waals surface area (Å²) in [6, 6.07) is 0. The molecule has 1 rings (SSSR count). The summed E-state index contributed by atoms with van der Waals surface area (Å²) in [7, 11) is 0. The van der Waals surface area contributed by atoms with Crippen molar-refractivity contribution >= 4 is 12.6 Å². The van der Waals surface area contributed by atoms with E-state index in [9.17, 15) is 5.11 Å². The van der Waals surface area contributed by atoms with Gasteiger partial charge in [-0.2, -0.15) is 5.10 Å². The molecule has 0 aliphatic carbocycles. The number of aliphatic hydroxyl groups is 1. The Morgan fingerprint density at radius 2 is 2.10 bits per heavy atom. The molecule has 0 amide bonds. The smallest absolute Gasteiger partial charge is 0.143 e. The van der Waals surface area contributed by atoms with Crippen molar-refractivity contribution in [1.82, 2.24) is 15.6 Å². The maximum Gasteiger partial charge on any atom is 0.143 e. The number of piperazine rings is 1. The molecule has 6 heteroatoms. The molecule has 114 valence electrons. The van der Waals surface area contributed by atoms with Gasteiger partial charge in [0.2, 0.25) is 0 Å². The molecule has 6 nitrogen and oxygen atoms in total. The van der Waals surface area contributed by atoms with Crippen molar-refractivity contribution < 1.29 is 5.11 Å². The fraction of sp³-hybridized carbons (Fsp3) is 0.714. The number of hydrogen-bond acceptors (Lipinski definition) is 5. The normalized spacial score (nSPS) is 18.1. The van der Waals surface area contributed by atoms with E-state index in [1.165, 1.54) is 0 Å². The number of hydrazone groups is 1. The number of nitrogens with zero attached hydrogens (tertiary/aromatic N) is 3. The van der Waals surface area contributed by atoms with E-state index >= 15 is 0 Å². The van der Waals surface area contributed by atoms with Crippen molar-refractivity contribution in [3.8, 4) is 0 Å². The summed E-state index contributed by atoms with van der Waals surface area (Å²) in [5.74, 6) is 0.678. The molecular weight excluding hydrogens is 254 g/mol. The van der Waals surface area contributed by atoms with Gasteiger partial charge in [0.25, 0.3) is 0 Å². The van der Waals surface area contributed by atoms with Gasteiger partial charge in [-0.25, -0.2) is 0 Å². The van der Waals surface area contributed by atoms with Crippen LogP contribution in [0.15, 0.2) is 21.9 Å². The number of rotatable bonds is 6. The molecule has 1 aliphatic rings. The van der Waals surface area contributed by atoms with E-state index in [0.717, 1.165) is 31.9 Å². The highest BCUT2D eigenvalue weighted by atomic mass is 16.3. The van der Waals surface area contributed by atoms with Crippen LogP contribution in [0.4, 0.5) is 0 Å². The zero-order chi connectivity index (χ0) is 15.0. The first kappa shape index (κ1) is 16.7. The molecule has 1 saturated heterocycles. The summed E-state index contributed by atoms with van der Waals surface area (Å²) in [5, 5.41) is 16.3. The van der Waals surface area contributed by atoms with E-state index in [1.54, 1.807) is 0 Å². The molecule has 0 bridgehead atoms. The molecule has 1 aliphatic heterocycles. The van der Waals surface area contributed by atoms with Crippen LogP contribution in [0, 0.1) is 5.41 Å². The highest BCUT2D eigenvalue weighted by Crippen LogP contribution is 2.14. The molecule has 0 radical (unpaired) electrons. The van der Waals surface area contributed by atoms with Gasteiger partial charge in [-0.15, -0.1) is 0 Å². The van der Waals surface area contributed by atoms with E-state index in [1.807, 2.05) is 19.9 Å². The van der Waals surface area contributed by atoms with Gasteiger partial charge in [0.05, 0.1) is 0 Å². The molecule has 0 aromatic heterocycles. The summed E-state index contributed by atoms with van der Waals surface area (Å²) in [6.45, 7) is 14.1. The minimum Gasteiger partial charge on any atom is -0.396 e. The minimum absolute atomic E-state index is 0.103. The van der Waals surface area contributed by atoms with Crippen molar-refractivity contribution in [1.29, 1.82) is 0 Å². The van der Waals surface area contributed by atoms with Gasteiger partial charge in [0, 0.05) is 63.2 Å². The van der Waals surface area contributed by atoms with Gasteiger partial charge >= 0.3 is 0 Å². The van der Waals surface area contributed by atoms with E-state index < -0.39 is 0 Å². The molecule has 3 N–H and O–H groups in total. The van der Waals surface area contributed by atoms with Crippen LogP contribution < -0.4 is 10.7 Å². The Hall–Kier alpha value is -1.40. The zero-order valence-corrected chi connectivity index (χ0v) is 12.8. The second kappa shape index (κ2) is 8.01. The third-order valence-electron chi connectivity index (χ3n) is 3.26. The minimum atomic E-state index is -0.231. The van der Waals surface area contributed by atoms with Gasteiger partial charge in [-0.05, 0) is 6.92 Å². The molecule has 0 spiro atoms. The summed E-state index contributed by atoms with van der Waals surface area (Å²) >= 11 is 0. The predicted octanol–water partition coefficient (Wildman–Crippen LogP) is 0.418. The lowest BCUT2D eigenvalue weighted by Crippen LogP contribution is -2.42. The number of hydrogen-bond donors (Lipinski definition) is 3. The fourth-order valence-electron chi connectivity index (χ4n) is 1.85. The van der Waals surface area contributed by atoms with E-state index in [2.05, 4.69) is 39.4 Å². The Kier molecular flexibility index (Phi) is 6.67. The lowest BCUT2D eigenvalue weighted by atomic mass is 9.95. The Labute approximate surface area is 121 Å². The predicted molar refractivity (Wildman–Crippen MR) is 84.1 cm³/mol. The Morgan fingerprint density at radius 3 is 2.65 bits per heavy atom. The topological polar surface area (TPSA) is 72.2 Å². The van der Waals surface area contributed by atoms with Gasteiger partial charge in [-0.3, -0.25) is 10.4 Å². The van der Waals surface area contributed by atoms with Crippen molar-refractivity contribution in [3.05, 3.63) is 11.8 Å². The summed E-state index contributed by atoms with van der Waals surface area (Å²) < 4.78 is 0. The van der Waals surface area contributed by atoms with E-state index in [-0.39, 0.29) is 12.0 Å². The van der Waals surface area contributed by atoms with Crippen LogP contribution in [0.5, 0.6) is 0 Å². The number of allylic oxidation sites excluding steroid dienone is 1. The second-order valence-corrected chi connectivity index (χ2v) is 5.82. The highest BCUT2D eigenvalue weighted by molar-refractivity contribution is 5.93. The van der Waals surface area contributed by atoms with Crippen molar-refractivity contribution in [3.63, 3.8) is 0 Å². The molecule has 0 atom stereocenters. The molecule has 0 aromatic rings. The van der Waals surface area contributed by atoms with E-state index in [0.29, 0.717) is 12.4 Å². The van der Waals surface area contributed by atoms with Crippen LogP contribution >= 0.6 is 0 Å². The summed E-state index contributed by atoms with van der Waals surface area (Å²) in [6.07, 6.45) is 1.98. The Balaban J connectivity index is 2.73. The maximum atomic E-state index is 9.27. The molecule has 1 fully saturated rings. The third kappa shape index (κ3) is 5.71. The number of amidine groups is 1. The van der Waals surface area contributed by atoms with Crippen LogP contribution in [0.25, 0.3) is 0 Å². The third-order valence-corrected chi connectivity index (χ3v) is 3.26. The first-order valence-corrected chi connectivity index (χ1v) is 6.99. The zero-order valence-electron chi connectivity index (χ0n) is 12.8. The van der Waals surface area contributed by atoms with Gasteiger partial charge in [0.1, 0.15) is 5.84 Å². The Bertz CT molecular complexity index is 370. The molecular formula is C14H27N5O. The van der Waals surface area contributed by atoms with Crippen LogP contribution in [0.2, 0.25) is 0 Å². The maximum absolute atomic E-state index is 9.27. The lowest BCUT2D eigenvalue weighted by molar-refractivity contribution is 0.167. The van der Waals surface area contributed by atoms with Gasteiger partial charge in [-0.1, -0.05) is 13.8 Å². The van der Waals surface area contributed by atoms with Crippen molar-refractivity contribution in [2.75, 3.05) is 39.3 Å². The van der Waals surface area contributed by atoms with Crippen LogP contribution in [-0.2, 0) is 0 Å². The van der Waals surface area contributed by atoms with Crippen molar-refractivity contribution in [2.24, 2.45) is 15.5 Å². The van der Waals surface area contributed by atoms with E-state index in [4.69, 9.17) is 0 Å². The average Bonchev–Trinajstić information content (AvgIpc) is 2.46. The number of aliphatic imine (C=N–C) groups is 1. The quantitative estimate of drug-likeness (QED) is 0.375. The highest BCUT2D eigenvalue weighted by Gasteiger charge is 2.16. The number of nitrogens with one attached hydrogen (secondary N) is 2. The Morgan fingerprint density at radius 1 is 1.45 bits per heavy atom. The van der Waals surface area contributed by atoms with Gasteiger partial charge < -0.3 is 15.3 Å². The summed E-state index contributed by atoms with van der Waals surface area (Å²) in [4.78, 5) is 6.80. The molecule has 0 saturated carbocycles. The molecule has 0 unspecified atom stereocenters. The van der Waals surface area contributed by atoms with Crippen LogP contribution in [0.1, 0.15) is 20.8 Å².